The predicted octanol–water partition coefficient (Wildman–Crippen LogP) is 4.94. The van der Waals surface area contributed by atoms with Crippen molar-refractivity contribution in [2.24, 2.45) is 0 Å². The van der Waals surface area contributed by atoms with Crippen LogP contribution in [0.3, 0.4) is 0 Å². The molecule has 4 aromatic rings. The fourth-order valence-corrected chi connectivity index (χ4v) is 6.31. The van der Waals surface area contributed by atoms with Crippen molar-refractivity contribution in [3.63, 3.8) is 0 Å². The lowest BCUT2D eigenvalue weighted by molar-refractivity contribution is -0.139. The molecule has 0 aliphatic rings. The molecule has 1 unspecified atom stereocenters. The van der Waals surface area contributed by atoms with Gasteiger partial charge in [0.05, 0.1) is 24.8 Å². The Kier molecular flexibility index (Phi) is 10.9. The number of ether oxygens (including phenoxy) is 2. The van der Waals surface area contributed by atoms with Crippen molar-refractivity contribution in [2.75, 3.05) is 32.1 Å². The van der Waals surface area contributed by atoms with E-state index in [1.807, 2.05) is 36.4 Å². The first kappa shape index (κ1) is 32.4. The molecule has 0 aliphatic heterocycles. The number of methoxy groups -OCH3 is 2. The van der Waals surface area contributed by atoms with Crippen LogP contribution < -0.4 is 19.1 Å². The van der Waals surface area contributed by atoms with Gasteiger partial charge in [0, 0.05) is 25.0 Å². The van der Waals surface area contributed by atoms with E-state index in [0.29, 0.717) is 22.1 Å². The molecule has 0 saturated carbocycles. The van der Waals surface area contributed by atoms with Gasteiger partial charge in [-0.25, -0.2) is 8.42 Å². The largest absolute Gasteiger partial charge is 0.497 e. The molecule has 0 radical (unpaired) electrons. The molecule has 0 heterocycles. The highest BCUT2D eigenvalue weighted by Gasteiger charge is 2.34. The van der Waals surface area contributed by atoms with Crippen LogP contribution in [0.4, 0.5) is 5.69 Å². The second kappa shape index (κ2) is 14.8. The lowest BCUT2D eigenvalue weighted by Crippen LogP contribution is -2.53. The van der Waals surface area contributed by atoms with Gasteiger partial charge in [0.2, 0.25) is 11.8 Å². The van der Waals surface area contributed by atoms with Crippen molar-refractivity contribution in [3.8, 4) is 11.5 Å². The molecule has 1 atom stereocenters. The molecule has 0 spiro atoms. The van der Waals surface area contributed by atoms with E-state index in [4.69, 9.17) is 21.1 Å². The fourth-order valence-electron chi connectivity index (χ4n) is 4.72. The van der Waals surface area contributed by atoms with Gasteiger partial charge in [-0.3, -0.25) is 13.9 Å². The van der Waals surface area contributed by atoms with Crippen LogP contribution in [-0.2, 0) is 32.6 Å². The standard InChI is InChI=1S/C33H34ClN3O6S/c1-35-33(39)31(20-24-9-5-4-6-10-24)36(22-25-11-7-14-29(19-25)43-3)32(38)23-37(27-13-8-12-26(34)21-27)44(40,41)30-17-15-28(42-2)16-18-30/h4-19,21,31H,20,22-23H2,1-3H3,(H,35,39). The summed E-state index contributed by atoms with van der Waals surface area (Å²) >= 11 is 6.26. The molecule has 0 aromatic heterocycles. The number of nitrogens with one attached hydrogen (secondary N) is 1. The average Bonchev–Trinajstić information content (AvgIpc) is 3.05. The molecule has 0 fully saturated rings. The minimum absolute atomic E-state index is 0.0208. The van der Waals surface area contributed by atoms with Crippen LogP contribution in [0.5, 0.6) is 11.5 Å². The predicted molar refractivity (Wildman–Crippen MR) is 171 cm³/mol. The lowest BCUT2D eigenvalue weighted by Gasteiger charge is -2.33. The zero-order chi connectivity index (χ0) is 31.7. The van der Waals surface area contributed by atoms with Crippen LogP contribution in [0.2, 0.25) is 5.02 Å². The van der Waals surface area contributed by atoms with E-state index < -0.39 is 34.4 Å². The van der Waals surface area contributed by atoms with Crippen LogP contribution >= 0.6 is 11.6 Å². The number of carbonyl (C=O) groups excluding carboxylic acids is 2. The second-order valence-corrected chi connectivity index (χ2v) is 12.2. The van der Waals surface area contributed by atoms with E-state index in [9.17, 15) is 18.0 Å². The molecular formula is C33H34ClN3O6S. The Bertz CT molecular complexity index is 1680. The van der Waals surface area contributed by atoms with Crippen LogP contribution in [0.1, 0.15) is 11.1 Å². The van der Waals surface area contributed by atoms with E-state index in [2.05, 4.69) is 5.32 Å². The highest BCUT2D eigenvalue weighted by molar-refractivity contribution is 7.92. The summed E-state index contributed by atoms with van der Waals surface area (Å²) in [5.41, 5.74) is 1.73. The van der Waals surface area contributed by atoms with Crippen molar-refractivity contribution in [2.45, 2.75) is 23.9 Å². The molecule has 2 amide bonds. The van der Waals surface area contributed by atoms with Crippen molar-refractivity contribution in [1.29, 1.82) is 0 Å². The quantitative estimate of drug-likeness (QED) is 0.223. The van der Waals surface area contributed by atoms with E-state index in [0.717, 1.165) is 9.87 Å². The molecule has 4 rings (SSSR count). The number of likely N-dealkylation sites (N-methyl/N-ethyl adjacent to an activating group) is 1. The first-order chi connectivity index (χ1) is 21.2. The molecule has 230 valence electrons. The summed E-state index contributed by atoms with van der Waals surface area (Å²) < 4.78 is 39.7. The van der Waals surface area contributed by atoms with E-state index in [1.165, 1.54) is 56.5 Å². The lowest BCUT2D eigenvalue weighted by atomic mass is 10.0. The second-order valence-electron chi connectivity index (χ2n) is 9.86. The van der Waals surface area contributed by atoms with Gasteiger partial charge < -0.3 is 19.7 Å². The van der Waals surface area contributed by atoms with Gasteiger partial charge in [-0.1, -0.05) is 60.1 Å². The third-order valence-corrected chi connectivity index (χ3v) is 9.05. The molecule has 4 aromatic carbocycles. The van der Waals surface area contributed by atoms with E-state index in [-0.39, 0.29) is 23.5 Å². The Morgan fingerprint density at radius 3 is 2.11 bits per heavy atom. The van der Waals surface area contributed by atoms with Crippen molar-refractivity contribution in [3.05, 3.63) is 119 Å². The zero-order valence-electron chi connectivity index (χ0n) is 24.6. The van der Waals surface area contributed by atoms with Crippen molar-refractivity contribution >= 4 is 39.1 Å². The Labute approximate surface area is 263 Å². The maximum Gasteiger partial charge on any atom is 0.264 e. The summed E-state index contributed by atoms with van der Waals surface area (Å²) in [4.78, 5) is 29.1. The van der Waals surface area contributed by atoms with Gasteiger partial charge in [0.25, 0.3) is 10.0 Å². The molecule has 0 saturated heterocycles. The van der Waals surface area contributed by atoms with Crippen LogP contribution in [0, 0.1) is 0 Å². The van der Waals surface area contributed by atoms with Gasteiger partial charge in [-0.05, 0) is 65.7 Å². The number of halogens is 1. The number of anilines is 1. The Morgan fingerprint density at radius 2 is 1.48 bits per heavy atom. The van der Waals surface area contributed by atoms with Crippen molar-refractivity contribution in [1.82, 2.24) is 10.2 Å². The minimum atomic E-state index is -4.27. The molecule has 9 nitrogen and oxygen atoms in total. The van der Waals surface area contributed by atoms with E-state index >= 15 is 0 Å². The minimum Gasteiger partial charge on any atom is -0.497 e. The van der Waals surface area contributed by atoms with Crippen LogP contribution in [0.15, 0.2) is 108 Å². The summed E-state index contributed by atoms with van der Waals surface area (Å²) in [5, 5.41) is 2.97. The Morgan fingerprint density at radius 1 is 0.818 bits per heavy atom. The Hall–Kier alpha value is -4.54. The normalized spacial score (nSPS) is 11.7. The van der Waals surface area contributed by atoms with E-state index in [1.54, 1.807) is 36.4 Å². The summed E-state index contributed by atoms with van der Waals surface area (Å²) in [7, 11) is 0.255. The monoisotopic (exact) mass is 635 g/mol. The summed E-state index contributed by atoms with van der Waals surface area (Å²) in [6.45, 7) is -0.576. The molecule has 0 bridgehead atoms. The van der Waals surface area contributed by atoms with Crippen LogP contribution in [0.25, 0.3) is 0 Å². The van der Waals surface area contributed by atoms with Gasteiger partial charge >= 0.3 is 0 Å². The number of carbonyl (C=O) groups is 2. The first-order valence-corrected chi connectivity index (χ1v) is 15.6. The molecular weight excluding hydrogens is 602 g/mol. The topological polar surface area (TPSA) is 105 Å². The third-order valence-electron chi connectivity index (χ3n) is 7.03. The third kappa shape index (κ3) is 7.89. The number of nitrogens with zero attached hydrogens (tertiary/aromatic N) is 2. The number of benzene rings is 4. The average molecular weight is 636 g/mol. The number of hydrogen-bond acceptors (Lipinski definition) is 6. The summed E-state index contributed by atoms with van der Waals surface area (Å²) in [5.74, 6) is 0.0806. The highest BCUT2D eigenvalue weighted by atomic mass is 35.5. The fraction of sp³-hybridized carbons (Fsp3) is 0.212. The highest BCUT2D eigenvalue weighted by Crippen LogP contribution is 2.28. The number of rotatable bonds is 13. The summed E-state index contributed by atoms with van der Waals surface area (Å²) in [6.07, 6.45) is 0.207. The van der Waals surface area contributed by atoms with Gasteiger partial charge in [0.15, 0.2) is 0 Å². The maximum atomic E-state index is 14.4. The Balaban J connectivity index is 1.79. The summed E-state index contributed by atoms with van der Waals surface area (Å²) in [6, 6.07) is 27.6. The number of hydrogen-bond donors (Lipinski definition) is 1. The van der Waals surface area contributed by atoms with Crippen molar-refractivity contribution < 1.29 is 27.5 Å². The molecule has 11 heteroatoms. The maximum absolute atomic E-state index is 14.4. The number of amides is 2. The van der Waals surface area contributed by atoms with Gasteiger partial charge in [-0.2, -0.15) is 0 Å². The van der Waals surface area contributed by atoms with Gasteiger partial charge in [0.1, 0.15) is 24.1 Å². The van der Waals surface area contributed by atoms with Crippen LogP contribution in [-0.4, -0.2) is 59.0 Å². The SMILES string of the molecule is CNC(=O)C(Cc1ccccc1)N(Cc1cccc(OC)c1)C(=O)CN(c1cccc(Cl)c1)S(=O)(=O)c1ccc(OC)cc1. The first-order valence-electron chi connectivity index (χ1n) is 13.8. The number of sulfonamides is 1. The molecule has 0 aliphatic carbocycles. The molecule has 1 N–H and O–H groups in total. The molecule has 44 heavy (non-hydrogen) atoms. The smallest absolute Gasteiger partial charge is 0.264 e. The van der Waals surface area contributed by atoms with Gasteiger partial charge in [-0.15, -0.1) is 0 Å². The zero-order valence-corrected chi connectivity index (χ0v) is 26.2.